The van der Waals surface area contributed by atoms with Gasteiger partial charge in [-0.05, 0) is 37.3 Å². The van der Waals surface area contributed by atoms with Gasteiger partial charge in [-0.1, -0.05) is 30.3 Å². The molecule has 0 unspecified atom stereocenters. The van der Waals surface area contributed by atoms with Crippen LogP contribution in [0.5, 0.6) is 5.75 Å². The number of rotatable bonds is 5. The van der Waals surface area contributed by atoms with Gasteiger partial charge in [0.05, 0.1) is 23.5 Å². The van der Waals surface area contributed by atoms with Crippen molar-refractivity contribution < 1.29 is 18.3 Å². The molecule has 0 aliphatic carbocycles. The van der Waals surface area contributed by atoms with Gasteiger partial charge in [0.15, 0.2) is 0 Å². The molecule has 0 saturated heterocycles. The summed E-state index contributed by atoms with van der Waals surface area (Å²) < 4.78 is 34.3. The highest BCUT2D eigenvalue weighted by molar-refractivity contribution is 6.13. The predicted octanol–water partition coefficient (Wildman–Crippen LogP) is 4.92. The number of fused-ring (bicyclic) bond motifs is 1. The first kappa shape index (κ1) is 20.3. The van der Waals surface area contributed by atoms with Crippen molar-refractivity contribution in [3.05, 3.63) is 100 Å². The zero-order valence-corrected chi connectivity index (χ0v) is 16.6. The van der Waals surface area contributed by atoms with Gasteiger partial charge in [-0.2, -0.15) is 0 Å². The molecule has 0 radical (unpaired) electrons. The molecular weight excluding hydrogens is 402 g/mol. The molecule has 0 atom stereocenters. The summed E-state index contributed by atoms with van der Waals surface area (Å²) in [5.74, 6) is -1.67. The number of benzene rings is 3. The van der Waals surface area contributed by atoms with E-state index in [-0.39, 0.29) is 16.6 Å². The van der Waals surface area contributed by atoms with Crippen LogP contribution in [0.15, 0.2) is 77.7 Å². The Labute approximate surface area is 176 Å². The SMILES string of the molecule is CCOc1ccccc1NC(=O)c1cn(-c2ccc(F)cc2F)c(=O)c2ccccc12. The lowest BCUT2D eigenvalue weighted by Crippen LogP contribution is -2.23. The van der Waals surface area contributed by atoms with Crippen LogP contribution in [-0.2, 0) is 0 Å². The van der Waals surface area contributed by atoms with Gasteiger partial charge in [0.25, 0.3) is 11.5 Å². The largest absolute Gasteiger partial charge is 0.492 e. The quantitative estimate of drug-likeness (QED) is 0.499. The van der Waals surface area contributed by atoms with Crippen LogP contribution in [0.2, 0.25) is 0 Å². The predicted molar refractivity (Wildman–Crippen MR) is 115 cm³/mol. The molecule has 7 heteroatoms. The summed E-state index contributed by atoms with van der Waals surface area (Å²) in [5.41, 5.74) is -0.0531. The Balaban J connectivity index is 1.87. The summed E-state index contributed by atoms with van der Waals surface area (Å²) in [7, 11) is 0. The molecule has 0 saturated carbocycles. The van der Waals surface area contributed by atoms with E-state index in [1.807, 2.05) is 6.92 Å². The molecule has 1 N–H and O–H groups in total. The average Bonchev–Trinajstić information content (AvgIpc) is 2.76. The van der Waals surface area contributed by atoms with Crippen LogP contribution in [0, 0.1) is 11.6 Å². The fourth-order valence-electron chi connectivity index (χ4n) is 3.37. The topological polar surface area (TPSA) is 60.3 Å². The van der Waals surface area contributed by atoms with E-state index < -0.39 is 23.1 Å². The minimum Gasteiger partial charge on any atom is -0.492 e. The second-order valence-corrected chi connectivity index (χ2v) is 6.74. The van der Waals surface area contributed by atoms with E-state index in [4.69, 9.17) is 4.74 Å². The minimum atomic E-state index is -0.912. The van der Waals surface area contributed by atoms with Gasteiger partial charge in [0.1, 0.15) is 17.4 Å². The van der Waals surface area contributed by atoms with E-state index in [9.17, 15) is 18.4 Å². The van der Waals surface area contributed by atoms with Crippen LogP contribution in [0.25, 0.3) is 16.5 Å². The van der Waals surface area contributed by atoms with E-state index >= 15 is 0 Å². The second-order valence-electron chi connectivity index (χ2n) is 6.74. The van der Waals surface area contributed by atoms with Crippen LogP contribution < -0.4 is 15.6 Å². The van der Waals surface area contributed by atoms with Gasteiger partial charge in [-0.3, -0.25) is 14.2 Å². The maximum atomic E-state index is 14.4. The van der Waals surface area contributed by atoms with Gasteiger partial charge in [-0.15, -0.1) is 0 Å². The Kier molecular flexibility index (Phi) is 5.49. The zero-order chi connectivity index (χ0) is 22.0. The number of hydrogen-bond acceptors (Lipinski definition) is 3. The van der Waals surface area contributed by atoms with Crippen molar-refractivity contribution in [3.8, 4) is 11.4 Å². The molecule has 31 heavy (non-hydrogen) atoms. The van der Waals surface area contributed by atoms with E-state index in [0.717, 1.165) is 16.7 Å². The molecule has 0 bridgehead atoms. The van der Waals surface area contributed by atoms with Crippen LogP contribution >= 0.6 is 0 Å². The van der Waals surface area contributed by atoms with Gasteiger partial charge >= 0.3 is 0 Å². The molecular formula is C24H18F2N2O3. The number of carbonyl (C=O) groups excluding carboxylic acids is 1. The first-order chi connectivity index (χ1) is 15.0. The highest BCUT2D eigenvalue weighted by Gasteiger charge is 2.18. The number of halogens is 2. The summed E-state index contributed by atoms with van der Waals surface area (Å²) in [4.78, 5) is 26.2. The summed E-state index contributed by atoms with van der Waals surface area (Å²) in [6.07, 6.45) is 1.26. The zero-order valence-electron chi connectivity index (χ0n) is 16.6. The van der Waals surface area contributed by atoms with Crippen molar-refractivity contribution in [1.82, 2.24) is 4.57 Å². The summed E-state index contributed by atoms with van der Waals surface area (Å²) in [6.45, 7) is 2.25. The maximum Gasteiger partial charge on any atom is 0.263 e. The van der Waals surface area contributed by atoms with Gasteiger partial charge in [0, 0.05) is 23.0 Å². The first-order valence-corrected chi connectivity index (χ1v) is 9.62. The Morgan fingerprint density at radius 2 is 1.71 bits per heavy atom. The second kappa shape index (κ2) is 8.39. The molecule has 0 aliphatic rings. The molecule has 0 aliphatic heterocycles. The number of amides is 1. The van der Waals surface area contributed by atoms with Crippen molar-refractivity contribution in [3.63, 3.8) is 0 Å². The number of anilines is 1. The summed E-state index contributed by atoms with van der Waals surface area (Å²) in [5, 5.41) is 3.44. The Hall–Kier alpha value is -4.00. The number of pyridine rings is 1. The molecule has 5 nitrogen and oxygen atoms in total. The molecule has 0 spiro atoms. The molecule has 1 aromatic heterocycles. The van der Waals surface area contributed by atoms with Crippen molar-refractivity contribution in [1.29, 1.82) is 0 Å². The fraction of sp³-hybridized carbons (Fsp3) is 0.0833. The average molecular weight is 420 g/mol. The lowest BCUT2D eigenvalue weighted by Gasteiger charge is -2.15. The maximum absolute atomic E-state index is 14.4. The number of hydrogen-bond donors (Lipinski definition) is 1. The van der Waals surface area contributed by atoms with Crippen molar-refractivity contribution in [2.24, 2.45) is 0 Å². The van der Waals surface area contributed by atoms with Gasteiger partial charge in [-0.25, -0.2) is 8.78 Å². The molecule has 4 rings (SSSR count). The van der Waals surface area contributed by atoms with E-state index in [1.54, 1.807) is 48.5 Å². The monoisotopic (exact) mass is 420 g/mol. The van der Waals surface area contributed by atoms with Crippen molar-refractivity contribution in [2.75, 3.05) is 11.9 Å². The number of ether oxygens (including phenoxy) is 1. The third-order valence-electron chi connectivity index (χ3n) is 4.77. The van der Waals surface area contributed by atoms with Crippen LogP contribution in [-0.4, -0.2) is 17.1 Å². The highest BCUT2D eigenvalue weighted by atomic mass is 19.1. The number of aromatic nitrogens is 1. The molecule has 3 aromatic carbocycles. The Bertz CT molecular complexity index is 1350. The van der Waals surface area contributed by atoms with Gasteiger partial charge < -0.3 is 10.1 Å². The molecule has 156 valence electrons. The van der Waals surface area contributed by atoms with Crippen molar-refractivity contribution >= 4 is 22.4 Å². The summed E-state index contributed by atoms with van der Waals surface area (Å²) in [6, 6.07) is 16.4. The van der Waals surface area contributed by atoms with E-state index in [2.05, 4.69) is 5.32 Å². The third-order valence-corrected chi connectivity index (χ3v) is 4.77. The van der Waals surface area contributed by atoms with Crippen LogP contribution in [0.4, 0.5) is 14.5 Å². The van der Waals surface area contributed by atoms with E-state index in [0.29, 0.717) is 29.5 Å². The lowest BCUT2D eigenvalue weighted by atomic mass is 10.1. The molecule has 0 fully saturated rings. The number of nitrogens with zero attached hydrogens (tertiary/aromatic N) is 1. The highest BCUT2D eigenvalue weighted by Crippen LogP contribution is 2.26. The number of carbonyl (C=O) groups is 1. The fourth-order valence-corrected chi connectivity index (χ4v) is 3.37. The number of para-hydroxylation sites is 2. The minimum absolute atomic E-state index is 0.152. The van der Waals surface area contributed by atoms with Crippen molar-refractivity contribution in [2.45, 2.75) is 6.92 Å². The molecule has 1 amide bonds. The molecule has 1 heterocycles. The van der Waals surface area contributed by atoms with Crippen LogP contribution in [0.1, 0.15) is 17.3 Å². The third kappa shape index (κ3) is 3.90. The Morgan fingerprint density at radius 1 is 1.00 bits per heavy atom. The van der Waals surface area contributed by atoms with E-state index in [1.165, 1.54) is 6.20 Å². The lowest BCUT2D eigenvalue weighted by molar-refractivity contribution is 0.102. The van der Waals surface area contributed by atoms with Crippen LogP contribution in [0.3, 0.4) is 0 Å². The molecule has 4 aromatic rings. The standard InChI is InChI=1S/C24H18F2N2O3/c1-2-31-22-10-6-5-9-20(22)27-23(29)18-14-28(21-12-11-15(25)13-19(21)26)24(30)17-8-4-3-7-16(17)18/h3-14H,2H2,1H3,(H,27,29). The smallest absolute Gasteiger partial charge is 0.263 e. The summed E-state index contributed by atoms with van der Waals surface area (Å²) >= 11 is 0. The normalized spacial score (nSPS) is 10.8. The van der Waals surface area contributed by atoms with Gasteiger partial charge in [0.2, 0.25) is 0 Å². The number of nitrogens with one attached hydrogen (secondary N) is 1. The first-order valence-electron chi connectivity index (χ1n) is 9.62. The Morgan fingerprint density at radius 3 is 2.45 bits per heavy atom.